The average molecular weight is 545 g/mol. The lowest BCUT2D eigenvalue weighted by atomic mass is 9.98. The lowest BCUT2D eigenvalue weighted by Gasteiger charge is -2.18. The summed E-state index contributed by atoms with van der Waals surface area (Å²) >= 11 is 3.02. The monoisotopic (exact) mass is 544 g/mol. The molecule has 1 unspecified atom stereocenters. The Hall–Kier alpha value is -3.38. The van der Waals surface area contributed by atoms with Gasteiger partial charge in [0, 0.05) is 17.3 Å². The van der Waals surface area contributed by atoms with Crippen molar-refractivity contribution in [3.63, 3.8) is 0 Å². The molecular formula is C22H17BrF4N2O5. The molecule has 1 heterocycles. The number of aromatic amines is 1. The number of aliphatic hydroxyl groups excluding tert-OH is 1. The van der Waals surface area contributed by atoms with Crippen LogP contribution in [0.4, 0.5) is 22.4 Å². The number of hydrogen-bond acceptors (Lipinski definition) is 5. The molecule has 0 spiro atoms. The van der Waals surface area contributed by atoms with E-state index in [-0.39, 0.29) is 32.6 Å². The number of carbonyl (C=O) groups excluding carboxylic acids is 1. The van der Waals surface area contributed by atoms with Gasteiger partial charge in [0.05, 0.1) is 11.1 Å². The Kier molecular flexibility index (Phi) is 7.62. The minimum atomic E-state index is -1.56. The van der Waals surface area contributed by atoms with Crippen molar-refractivity contribution in [3.8, 4) is 16.9 Å². The van der Waals surface area contributed by atoms with Crippen molar-refractivity contribution in [1.29, 1.82) is 0 Å². The highest BCUT2D eigenvalue weighted by Crippen LogP contribution is 2.40. The van der Waals surface area contributed by atoms with E-state index in [2.05, 4.69) is 25.7 Å². The maximum Gasteiger partial charge on any atom is 0.404 e. The molecule has 34 heavy (non-hydrogen) atoms. The van der Waals surface area contributed by atoms with Gasteiger partial charge in [-0.05, 0) is 52.7 Å². The Balaban J connectivity index is 2.06. The number of carbonyl (C=O) groups is 1. The molecule has 3 aromatic rings. The maximum absolute atomic E-state index is 15.1. The first-order valence-electron chi connectivity index (χ1n) is 9.58. The van der Waals surface area contributed by atoms with E-state index in [1.165, 1.54) is 6.92 Å². The van der Waals surface area contributed by atoms with Gasteiger partial charge in [0.15, 0.2) is 0 Å². The van der Waals surface area contributed by atoms with Crippen molar-refractivity contribution in [3.05, 3.63) is 85.2 Å². The zero-order chi connectivity index (χ0) is 25.2. The topological polar surface area (TPSA) is 115 Å². The second kappa shape index (κ2) is 10.3. The molecule has 12 heteroatoms. The molecule has 180 valence electrons. The van der Waals surface area contributed by atoms with Crippen LogP contribution in [0.3, 0.4) is 0 Å². The summed E-state index contributed by atoms with van der Waals surface area (Å²) < 4.78 is 67.1. The Labute approximate surface area is 198 Å². The third kappa shape index (κ3) is 5.39. The Morgan fingerprint density at radius 1 is 1.12 bits per heavy atom. The van der Waals surface area contributed by atoms with E-state index < -0.39 is 59.8 Å². The highest BCUT2D eigenvalue weighted by molar-refractivity contribution is 9.10. The lowest BCUT2D eigenvalue weighted by molar-refractivity contribution is 0.0726. The first-order chi connectivity index (χ1) is 16.0. The summed E-state index contributed by atoms with van der Waals surface area (Å²) in [4.78, 5) is 25.4. The summed E-state index contributed by atoms with van der Waals surface area (Å²) in [6.45, 7) is 0.260. The molecule has 0 saturated carbocycles. The van der Waals surface area contributed by atoms with Gasteiger partial charge in [-0.2, -0.15) is 0 Å². The van der Waals surface area contributed by atoms with Gasteiger partial charge in [0.25, 0.3) is 5.56 Å². The summed E-state index contributed by atoms with van der Waals surface area (Å²) in [6, 6.07) is 4.41. The number of aryl methyl sites for hydroxylation is 1. The van der Waals surface area contributed by atoms with Crippen LogP contribution in [0.1, 0.15) is 22.9 Å². The predicted molar refractivity (Wildman–Crippen MR) is 116 cm³/mol. The number of pyridine rings is 1. The molecule has 0 aliphatic carbocycles. The molecular weight excluding hydrogens is 528 g/mol. The normalized spacial score (nSPS) is 11.9. The van der Waals surface area contributed by atoms with Crippen LogP contribution in [0, 0.1) is 30.2 Å². The van der Waals surface area contributed by atoms with E-state index in [4.69, 9.17) is 10.5 Å². The second-order valence-electron chi connectivity index (χ2n) is 7.13. The zero-order valence-corrected chi connectivity index (χ0v) is 19.0. The van der Waals surface area contributed by atoms with Gasteiger partial charge in [-0.3, -0.25) is 4.79 Å². The van der Waals surface area contributed by atoms with Crippen LogP contribution >= 0.6 is 15.9 Å². The van der Waals surface area contributed by atoms with Gasteiger partial charge in [-0.1, -0.05) is 0 Å². The van der Waals surface area contributed by atoms with E-state index in [0.717, 1.165) is 24.3 Å². The van der Waals surface area contributed by atoms with Crippen LogP contribution in [-0.2, 0) is 11.3 Å². The fourth-order valence-electron chi connectivity index (χ4n) is 3.18. The van der Waals surface area contributed by atoms with Crippen molar-refractivity contribution < 1.29 is 36.9 Å². The number of rotatable bonds is 7. The number of benzene rings is 2. The lowest BCUT2D eigenvalue weighted by Crippen LogP contribution is -2.18. The number of nitrogens with one attached hydrogen (secondary N) is 1. The zero-order valence-electron chi connectivity index (χ0n) is 17.4. The van der Waals surface area contributed by atoms with Crippen molar-refractivity contribution in [2.24, 2.45) is 5.73 Å². The number of aromatic nitrogens is 1. The third-order valence-electron chi connectivity index (χ3n) is 4.77. The van der Waals surface area contributed by atoms with Gasteiger partial charge in [0.1, 0.15) is 52.8 Å². The molecule has 2 aromatic carbocycles. The van der Waals surface area contributed by atoms with Crippen LogP contribution in [0.2, 0.25) is 0 Å². The van der Waals surface area contributed by atoms with E-state index >= 15 is 8.78 Å². The van der Waals surface area contributed by atoms with E-state index in [1.54, 1.807) is 0 Å². The van der Waals surface area contributed by atoms with Crippen LogP contribution in [0.15, 0.2) is 39.6 Å². The molecule has 7 nitrogen and oxygen atoms in total. The third-order valence-corrected chi connectivity index (χ3v) is 5.49. The highest BCUT2D eigenvalue weighted by atomic mass is 79.9. The molecule has 0 fully saturated rings. The molecule has 4 N–H and O–H groups in total. The van der Waals surface area contributed by atoms with Crippen molar-refractivity contribution in [2.75, 3.05) is 6.61 Å². The molecule has 3 rings (SSSR count). The van der Waals surface area contributed by atoms with Gasteiger partial charge < -0.3 is 25.3 Å². The number of H-pyrrole nitrogens is 1. The molecule has 1 aromatic heterocycles. The quantitative estimate of drug-likeness (QED) is 0.382. The van der Waals surface area contributed by atoms with Crippen molar-refractivity contribution in [2.45, 2.75) is 19.6 Å². The van der Waals surface area contributed by atoms with E-state index in [1.807, 2.05) is 0 Å². The number of aliphatic hydroxyl groups is 1. The Bertz CT molecular complexity index is 1290. The highest BCUT2D eigenvalue weighted by Gasteiger charge is 2.25. The first-order valence-corrected chi connectivity index (χ1v) is 10.4. The average Bonchev–Trinajstić information content (AvgIpc) is 2.75. The smallest absolute Gasteiger partial charge is 0.404 e. The standard InChI is InChI=1S/C22H17BrF4N2O5/c1-9-17(18-14(26)4-11(5-15(18)27)16(30)8-34-22(28)32)20(19(23)21(31)29-9)33-7-10-2-3-12(24)6-13(10)25/h2-6,16,30H,7-8H2,1H3,(H2,28,32)(H,29,31). The molecule has 0 radical (unpaired) electrons. The number of halogens is 5. The Morgan fingerprint density at radius 2 is 1.76 bits per heavy atom. The molecule has 0 saturated heterocycles. The van der Waals surface area contributed by atoms with Crippen LogP contribution in [-0.4, -0.2) is 22.8 Å². The van der Waals surface area contributed by atoms with Crippen LogP contribution in [0.5, 0.6) is 5.75 Å². The summed E-state index contributed by atoms with van der Waals surface area (Å²) in [6.07, 6.45) is -2.74. The van der Waals surface area contributed by atoms with E-state index in [0.29, 0.717) is 6.07 Å². The first kappa shape index (κ1) is 25.2. The number of nitrogens with two attached hydrogens (primary N) is 1. The number of amides is 1. The predicted octanol–water partition coefficient (Wildman–Crippen LogP) is 4.38. The van der Waals surface area contributed by atoms with Gasteiger partial charge in [0.2, 0.25) is 0 Å². The molecule has 0 aliphatic heterocycles. The van der Waals surface area contributed by atoms with Crippen LogP contribution in [0.25, 0.3) is 11.1 Å². The molecule has 1 atom stereocenters. The fourth-order valence-corrected chi connectivity index (χ4v) is 3.59. The van der Waals surface area contributed by atoms with E-state index in [9.17, 15) is 23.5 Å². The summed E-state index contributed by atoms with van der Waals surface area (Å²) in [5, 5.41) is 10.0. The number of primary amides is 1. The SMILES string of the molecule is Cc1[nH]c(=O)c(Br)c(OCc2ccc(F)cc2F)c1-c1c(F)cc(C(O)COC(N)=O)cc1F. The minimum absolute atomic E-state index is 0.0333. The van der Waals surface area contributed by atoms with Gasteiger partial charge in [-0.25, -0.2) is 22.4 Å². The molecule has 1 amide bonds. The Morgan fingerprint density at radius 3 is 2.35 bits per heavy atom. The molecule has 0 aliphatic rings. The summed E-state index contributed by atoms with van der Waals surface area (Å²) in [7, 11) is 0. The minimum Gasteiger partial charge on any atom is -0.487 e. The van der Waals surface area contributed by atoms with Gasteiger partial charge in [-0.15, -0.1) is 0 Å². The van der Waals surface area contributed by atoms with Crippen LogP contribution < -0.4 is 16.0 Å². The summed E-state index contributed by atoms with van der Waals surface area (Å²) in [5.41, 5.74) is 3.09. The largest absolute Gasteiger partial charge is 0.487 e. The van der Waals surface area contributed by atoms with Crippen molar-refractivity contribution in [1.82, 2.24) is 4.98 Å². The fraction of sp³-hybridized carbons (Fsp3) is 0.182. The van der Waals surface area contributed by atoms with Gasteiger partial charge >= 0.3 is 6.09 Å². The number of hydrogen-bond donors (Lipinski definition) is 3. The summed E-state index contributed by atoms with van der Waals surface area (Å²) in [5.74, 6) is -4.26. The number of ether oxygens (including phenoxy) is 2. The second-order valence-corrected chi connectivity index (χ2v) is 7.92. The maximum atomic E-state index is 15.1. The molecule has 0 bridgehead atoms. The van der Waals surface area contributed by atoms with Crippen molar-refractivity contribution >= 4 is 22.0 Å².